The van der Waals surface area contributed by atoms with Crippen LogP contribution in [-0.4, -0.2) is 12.5 Å². The van der Waals surface area contributed by atoms with Gasteiger partial charge in [-0.3, -0.25) is 9.69 Å². The summed E-state index contributed by atoms with van der Waals surface area (Å²) in [7, 11) is 0. The van der Waals surface area contributed by atoms with Crippen LogP contribution in [0.25, 0.3) is 0 Å². The summed E-state index contributed by atoms with van der Waals surface area (Å²) >= 11 is 1.54. The Hall–Kier alpha value is -2.93. The highest BCUT2D eigenvalue weighted by molar-refractivity contribution is 7.08. The third kappa shape index (κ3) is 3.01. The maximum Gasteiger partial charge on any atom is 0.387 e. The van der Waals surface area contributed by atoms with Gasteiger partial charge in [0.25, 0.3) is 5.91 Å². The number of anilines is 2. The van der Waals surface area contributed by atoms with Crippen molar-refractivity contribution in [2.75, 3.05) is 10.2 Å². The molecule has 2 aromatic carbocycles. The largest absolute Gasteiger partial charge is 0.435 e. The standard InChI is InChI=1S/C19H14F2N2O2S/c20-19(21)25-14-7-5-13(6-8-14)23-17(12-9-10-26-11-12)22-16-4-2-1-3-15(16)18(23)24/h1-11,17,19,22H/t17-/m1/s1. The number of hydrogen-bond acceptors (Lipinski definition) is 4. The van der Waals surface area contributed by atoms with Crippen LogP contribution in [0.3, 0.4) is 0 Å². The molecule has 1 amide bonds. The molecule has 0 unspecified atom stereocenters. The lowest BCUT2D eigenvalue weighted by Gasteiger charge is -2.37. The molecule has 0 bridgehead atoms. The fraction of sp³-hybridized carbons (Fsp3) is 0.105. The van der Waals surface area contributed by atoms with Crippen LogP contribution in [0.5, 0.6) is 5.75 Å². The molecule has 132 valence electrons. The zero-order chi connectivity index (χ0) is 18.1. The molecule has 0 saturated carbocycles. The van der Waals surface area contributed by atoms with Crippen LogP contribution in [0.2, 0.25) is 0 Å². The van der Waals surface area contributed by atoms with E-state index in [1.807, 2.05) is 29.0 Å². The van der Waals surface area contributed by atoms with Crippen LogP contribution >= 0.6 is 11.3 Å². The van der Waals surface area contributed by atoms with E-state index in [4.69, 9.17) is 0 Å². The molecule has 0 saturated heterocycles. The van der Waals surface area contributed by atoms with Crippen LogP contribution in [0.15, 0.2) is 65.4 Å². The van der Waals surface area contributed by atoms with E-state index >= 15 is 0 Å². The lowest BCUT2D eigenvalue weighted by atomic mass is 10.0. The number of carbonyl (C=O) groups excluding carboxylic acids is 1. The zero-order valence-electron chi connectivity index (χ0n) is 13.4. The molecule has 7 heteroatoms. The monoisotopic (exact) mass is 372 g/mol. The minimum Gasteiger partial charge on any atom is -0.435 e. The summed E-state index contributed by atoms with van der Waals surface area (Å²) in [4.78, 5) is 14.7. The summed E-state index contributed by atoms with van der Waals surface area (Å²) in [5, 5.41) is 7.30. The number of benzene rings is 2. The van der Waals surface area contributed by atoms with Crippen molar-refractivity contribution >= 4 is 28.6 Å². The van der Waals surface area contributed by atoms with E-state index < -0.39 is 6.61 Å². The van der Waals surface area contributed by atoms with E-state index in [0.29, 0.717) is 11.3 Å². The van der Waals surface area contributed by atoms with E-state index in [2.05, 4.69) is 10.1 Å². The summed E-state index contributed by atoms with van der Waals surface area (Å²) in [5.41, 5.74) is 2.87. The fourth-order valence-electron chi connectivity index (χ4n) is 2.97. The Bertz CT molecular complexity index is 914. The third-order valence-electron chi connectivity index (χ3n) is 4.13. The number of fused-ring (bicyclic) bond motifs is 1. The molecular weight excluding hydrogens is 358 g/mol. The van der Waals surface area contributed by atoms with Gasteiger partial charge in [0, 0.05) is 16.9 Å². The van der Waals surface area contributed by atoms with Gasteiger partial charge in [-0.1, -0.05) is 12.1 Å². The average molecular weight is 372 g/mol. The van der Waals surface area contributed by atoms with Gasteiger partial charge in [-0.25, -0.2) is 0 Å². The van der Waals surface area contributed by atoms with Gasteiger partial charge in [0.05, 0.1) is 5.56 Å². The Morgan fingerprint density at radius 3 is 2.54 bits per heavy atom. The maximum absolute atomic E-state index is 13.1. The van der Waals surface area contributed by atoms with E-state index in [1.165, 1.54) is 12.1 Å². The van der Waals surface area contributed by atoms with Crippen molar-refractivity contribution in [1.82, 2.24) is 0 Å². The molecule has 3 aromatic rings. The van der Waals surface area contributed by atoms with Gasteiger partial charge in [-0.15, -0.1) is 0 Å². The van der Waals surface area contributed by atoms with Gasteiger partial charge in [0.1, 0.15) is 11.9 Å². The molecule has 2 heterocycles. The van der Waals surface area contributed by atoms with Crippen LogP contribution in [-0.2, 0) is 0 Å². The van der Waals surface area contributed by atoms with Gasteiger partial charge >= 0.3 is 6.61 Å². The van der Waals surface area contributed by atoms with E-state index in [1.54, 1.807) is 40.5 Å². The smallest absolute Gasteiger partial charge is 0.387 e. The third-order valence-corrected chi connectivity index (χ3v) is 4.83. The normalized spacial score (nSPS) is 16.3. The first-order valence-corrected chi connectivity index (χ1v) is 8.84. The second-order valence-corrected chi connectivity index (χ2v) is 6.48. The molecule has 0 radical (unpaired) electrons. The summed E-state index contributed by atoms with van der Waals surface area (Å²) in [5.74, 6) is -0.105. The molecule has 4 nitrogen and oxygen atoms in total. The van der Waals surface area contributed by atoms with Gasteiger partial charge in [-0.05, 0) is 53.2 Å². The number of para-hydroxylation sites is 1. The Morgan fingerprint density at radius 2 is 1.85 bits per heavy atom. The van der Waals surface area contributed by atoms with Gasteiger partial charge < -0.3 is 10.1 Å². The van der Waals surface area contributed by atoms with Crippen molar-refractivity contribution < 1.29 is 18.3 Å². The summed E-state index contributed by atoms with van der Waals surface area (Å²) in [6.45, 7) is -2.88. The minimum atomic E-state index is -2.88. The fourth-order valence-corrected chi connectivity index (χ4v) is 3.65. The highest BCUT2D eigenvalue weighted by atomic mass is 32.1. The SMILES string of the molecule is O=C1c2ccccc2N[C@@H](c2ccsc2)N1c1ccc(OC(F)F)cc1. The summed E-state index contributed by atoms with van der Waals surface area (Å²) in [6.07, 6.45) is -0.384. The number of ether oxygens (including phenoxy) is 1. The molecule has 1 aliphatic rings. The summed E-state index contributed by atoms with van der Waals surface area (Å²) in [6, 6.07) is 15.3. The second-order valence-electron chi connectivity index (χ2n) is 5.70. The van der Waals surface area contributed by atoms with Crippen molar-refractivity contribution in [3.05, 3.63) is 76.5 Å². The molecular formula is C19H14F2N2O2S. The van der Waals surface area contributed by atoms with Crippen LogP contribution in [0, 0.1) is 0 Å². The zero-order valence-corrected chi connectivity index (χ0v) is 14.2. The van der Waals surface area contributed by atoms with Crippen LogP contribution in [0.1, 0.15) is 22.1 Å². The Kier molecular flexibility index (Phi) is 4.30. The first-order valence-electron chi connectivity index (χ1n) is 7.89. The summed E-state index contributed by atoms with van der Waals surface area (Å²) < 4.78 is 29.1. The topological polar surface area (TPSA) is 41.6 Å². The van der Waals surface area contributed by atoms with Gasteiger partial charge in [0.2, 0.25) is 0 Å². The van der Waals surface area contributed by atoms with Gasteiger partial charge in [-0.2, -0.15) is 20.1 Å². The molecule has 1 aliphatic heterocycles. The molecule has 1 aromatic heterocycles. The molecule has 4 rings (SSSR count). The van der Waals surface area contributed by atoms with Gasteiger partial charge in [0.15, 0.2) is 0 Å². The lowest BCUT2D eigenvalue weighted by Crippen LogP contribution is -2.43. The minimum absolute atomic E-state index is 0.0497. The Labute approximate surface area is 152 Å². The number of carbonyl (C=O) groups is 1. The van der Waals surface area contributed by atoms with E-state index in [-0.39, 0.29) is 17.8 Å². The molecule has 1 atom stereocenters. The predicted molar refractivity (Wildman–Crippen MR) is 97.0 cm³/mol. The number of amides is 1. The Morgan fingerprint density at radius 1 is 1.08 bits per heavy atom. The van der Waals surface area contributed by atoms with Crippen molar-refractivity contribution in [1.29, 1.82) is 0 Å². The number of nitrogens with zero attached hydrogens (tertiary/aromatic N) is 1. The van der Waals surface area contributed by atoms with Crippen molar-refractivity contribution in [3.63, 3.8) is 0 Å². The van der Waals surface area contributed by atoms with Crippen LogP contribution in [0.4, 0.5) is 20.2 Å². The molecule has 0 spiro atoms. The first-order chi connectivity index (χ1) is 12.6. The maximum atomic E-state index is 13.1. The average Bonchev–Trinajstić information content (AvgIpc) is 3.17. The number of halogens is 2. The molecule has 0 fully saturated rings. The lowest BCUT2D eigenvalue weighted by molar-refractivity contribution is -0.0498. The number of alkyl halides is 2. The first kappa shape index (κ1) is 16.5. The van der Waals surface area contributed by atoms with Crippen LogP contribution < -0.4 is 15.0 Å². The quantitative estimate of drug-likeness (QED) is 0.691. The van der Waals surface area contributed by atoms with E-state index in [9.17, 15) is 13.6 Å². The second kappa shape index (κ2) is 6.76. The predicted octanol–water partition coefficient (Wildman–Crippen LogP) is 5.12. The number of rotatable bonds is 4. The number of nitrogens with one attached hydrogen (secondary N) is 1. The number of thiophene rings is 1. The molecule has 1 N–H and O–H groups in total. The molecule has 0 aliphatic carbocycles. The Balaban J connectivity index is 1.75. The van der Waals surface area contributed by atoms with Crippen molar-refractivity contribution in [3.8, 4) is 5.75 Å². The van der Waals surface area contributed by atoms with E-state index in [0.717, 1.165) is 11.3 Å². The molecule has 26 heavy (non-hydrogen) atoms. The van der Waals surface area contributed by atoms with Crippen molar-refractivity contribution in [2.45, 2.75) is 12.8 Å². The highest BCUT2D eigenvalue weighted by Crippen LogP contribution is 2.37. The number of hydrogen-bond donors (Lipinski definition) is 1. The van der Waals surface area contributed by atoms with Crippen molar-refractivity contribution in [2.24, 2.45) is 0 Å². The highest BCUT2D eigenvalue weighted by Gasteiger charge is 2.34.